The Morgan fingerprint density at radius 1 is 1.39 bits per heavy atom. The van der Waals surface area contributed by atoms with Crippen LogP contribution in [0.2, 0.25) is 5.02 Å². The molecule has 1 aromatic rings. The number of anilines is 1. The number of rotatable bonds is 4. The highest BCUT2D eigenvalue weighted by atomic mass is 35.5. The summed E-state index contributed by atoms with van der Waals surface area (Å²) >= 11 is 6.28. The summed E-state index contributed by atoms with van der Waals surface area (Å²) in [4.78, 5) is 2.38. The van der Waals surface area contributed by atoms with Crippen LogP contribution in [-0.2, 0) is 6.54 Å². The fourth-order valence-corrected chi connectivity index (χ4v) is 2.79. The predicted octanol–water partition coefficient (Wildman–Crippen LogP) is 2.27. The topological polar surface area (TPSA) is 35.5 Å². The van der Waals surface area contributed by atoms with E-state index in [0.717, 1.165) is 37.5 Å². The Morgan fingerprint density at radius 2 is 2.11 bits per heavy atom. The fourth-order valence-electron chi connectivity index (χ4n) is 2.55. The number of piperidine rings is 1. The monoisotopic (exact) mass is 268 g/mol. The van der Waals surface area contributed by atoms with E-state index in [1.807, 2.05) is 19.2 Å². The van der Waals surface area contributed by atoms with Gasteiger partial charge in [-0.15, -0.1) is 0 Å². The van der Waals surface area contributed by atoms with Crippen molar-refractivity contribution in [2.24, 2.45) is 5.92 Å². The molecule has 0 aromatic heterocycles. The summed E-state index contributed by atoms with van der Waals surface area (Å²) in [5.74, 6) is 0.466. The van der Waals surface area contributed by atoms with Gasteiger partial charge in [-0.2, -0.15) is 0 Å². The summed E-state index contributed by atoms with van der Waals surface area (Å²) in [6.07, 6.45) is 2.12. The summed E-state index contributed by atoms with van der Waals surface area (Å²) in [5, 5.41) is 13.2. The molecule has 1 fully saturated rings. The van der Waals surface area contributed by atoms with Crippen LogP contribution in [0, 0.1) is 5.92 Å². The first-order valence-electron chi connectivity index (χ1n) is 6.54. The van der Waals surface area contributed by atoms with Gasteiger partial charge in [-0.1, -0.05) is 17.7 Å². The summed E-state index contributed by atoms with van der Waals surface area (Å²) in [5.41, 5.74) is 2.40. The molecule has 0 bridgehead atoms. The highest BCUT2D eigenvalue weighted by molar-refractivity contribution is 6.31. The third kappa shape index (κ3) is 2.97. The van der Waals surface area contributed by atoms with E-state index in [0.29, 0.717) is 12.5 Å². The van der Waals surface area contributed by atoms with E-state index >= 15 is 0 Å². The van der Waals surface area contributed by atoms with Gasteiger partial charge in [-0.3, -0.25) is 0 Å². The molecule has 100 valence electrons. The Balaban J connectivity index is 2.15. The lowest BCUT2D eigenvalue weighted by atomic mass is 9.97. The Morgan fingerprint density at radius 3 is 2.72 bits per heavy atom. The lowest BCUT2D eigenvalue weighted by Gasteiger charge is -2.34. The molecule has 2 rings (SSSR count). The summed E-state index contributed by atoms with van der Waals surface area (Å²) in [7, 11) is 1.94. The molecule has 18 heavy (non-hydrogen) atoms. The van der Waals surface area contributed by atoms with Gasteiger partial charge in [0.1, 0.15) is 0 Å². The van der Waals surface area contributed by atoms with Crippen molar-refractivity contribution in [3.05, 3.63) is 28.8 Å². The first kappa shape index (κ1) is 13.7. The smallest absolute Gasteiger partial charge is 0.0471 e. The van der Waals surface area contributed by atoms with Crippen LogP contribution in [0.4, 0.5) is 5.69 Å². The highest BCUT2D eigenvalue weighted by Gasteiger charge is 2.20. The predicted molar refractivity (Wildman–Crippen MR) is 76.2 cm³/mol. The number of halogens is 1. The van der Waals surface area contributed by atoms with Crippen molar-refractivity contribution in [2.45, 2.75) is 19.4 Å². The number of aliphatic hydroxyl groups excluding tert-OH is 1. The molecule has 0 aliphatic carbocycles. The SMILES string of the molecule is CNCc1c(Cl)cccc1N1CCC(CO)CC1. The molecule has 4 heteroatoms. The Kier molecular flexibility index (Phi) is 4.87. The molecule has 0 spiro atoms. The minimum absolute atomic E-state index is 0.312. The largest absolute Gasteiger partial charge is 0.396 e. The van der Waals surface area contributed by atoms with Crippen LogP contribution in [-0.4, -0.2) is 31.9 Å². The van der Waals surface area contributed by atoms with Gasteiger partial charge < -0.3 is 15.3 Å². The molecule has 0 radical (unpaired) electrons. The second kappa shape index (κ2) is 6.41. The van der Waals surface area contributed by atoms with Crippen LogP contribution in [0.15, 0.2) is 18.2 Å². The minimum Gasteiger partial charge on any atom is -0.396 e. The van der Waals surface area contributed by atoms with Gasteiger partial charge in [0.2, 0.25) is 0 Å². The molecule has 0 saturated carbocycles. The first-order chi connectivity index (χ1) is 8.76. The highest BCUT2D eigenvalue weighted by Crippen LogP contribution is 2.30. The summed E-state index contributed by atoms with van der Waals surface area (Å²) in [6.45, 7) is 3.10. The number of aliphatic hydroxyl groups is 1. The lowest BCUT2D eigenvalue weighted by Crippen LogP contribution is -2.35. The number of hydrogen-bond acceptors (Lipinski definition) is 3. The molecular formula is C14H21ClN2O. The van der Waals surface area contributed by atoms with E-state index in [-0.39, 0.29) is 0 Å². The van der Waals surface area contributed by atoms with E-state index in [1.54, 1.807) is 0 Å². The second-order valence-electron chi connectivity index (χ2n) is 4.88. The van der Waals surface area contributed by atoms with Crippen molar-refractivity contribution in [3.63, 3.8) is 0 Å². The van der Waals surface area contributed by atoms with Crippen molar-refractivity contribution in [1.82, 2.24) is 5.32 Å². The third-order valence-corrected chi connectivity index (χ3v) is 4.02. The maximum atomic E-state index is 9.18. The number of hydrogen-bond donors (Lipinski definition) is 2. The molecule has 1 heterocycles. The maximum Gasteiger partial charge on any atom is 0.0471 e. The first-order valence-corrected chi connectivity index (χ1v) is 6.92. The van der Waals surface area contributed by atoms with Gasteiger partial charge in [0.25, 0.3) is 0 Å². The molecule has 3 nitrogen and oxygen atoms in total. The Bertz CT molecular complexity index is 389. The van der Waals surface area contributed by atoms with E-state index in [2.05, 4.69) is 16.3 Å². The molecule has 0 amide bonds. The van der Waals surface area contributed by atoms with Gasteiger partial charge in [0, 0.05) is 42.5 Å². The zero-order valence-corrected chi connectivity index (χ0v) is 11.6. The van der Waals surface area contributed by atoms with E-state index < -0.39 is 0 Å². The number of nitrogens with zero attached hydrogens (tertiary/aromatic N) is 1. The van der Waals surface area contributed by atoms with E-state index in [1.165, 1.54) is 11.3 Å². The summed E-state index contributed by atoms with van der Waals surface area (Å²) < 4.78 is 0. The van der Waals surface area contributed by atoms with Gasteiger partial charge in [-0.05, 0) is 37.9 Å². The molecule has 1 aliphatic rings. The Labute approximate surface area is 114 Å². The van der Waals surface area contributed by atoms with Gasteiger partial charge in [0.05, 0.1) is 0 Å². The molecular weight excluding hydrogens is 248 g/mol. The average molecular weight is 269 g/mol. The Hall–Kier alpha value is -0.770. The third-order valence-electron chi connectivity index (χ3n) is 3.66. The maximum absolute atomic E-state index is 9.18. The summed E-state index contributed by atoms with van der Waals surface area (Å²) in [6, 6.07) is 6.09. The van der Waals surface area contributed by atoms with E-state index in [4.69, 9.17) is 11.6 Å². The van der Waals surface area contributed by atoms with Crippen LogP contribution in [0.25, 0.3) is 0 Å². The fraction of sp³-hybridized carbons (Fsp3) is 0.571. The van der Waals surface area contributed by atoms with Gasteiger partial charge >= 0.3 is 0 Å². The number of nitrogens with one attached hydrogen (secondary N) is 1. The van der Waals surface area contributed by atoms with Gasteiger partial charge in [0.15, 0.2) is 0 Å². The minimum atomic E-state index is 0.312. The zero-order chi connectivity index (χ0) is 13.0. The molecule has 1 aliphatic heterocycles. The molecule has 1 aromatic carbocycles. The molecule has 2 N–H and O–H groups in total. The molecule has 0 atom stereocenters. The quantitative estimate of drug-likeness (QED) is 0.879. The number of benzene rings is 1. The second-order valence-corrected chi connectivity index (χ2v) is 5.29. The normalized spacial score (nSPS) is 17.2. The lowest BCUT2D eigenvalue weighted by molar-refractivity contribution is 0.203. The zero-order valence-electron chi connectivity index (χ0n) is 10.8. The van der Waals surface area contributed by atoms with Crippen LogP contribution in [0.3, 0.4) is 0 Å². The van der Waals surface area contributed by atoms with Gasteiger partial charge in [-0.25, -0.2) is 0 Å². The van der Waals surface area contributed by atoms with Crippen LogP contribution < -0.4 is 10.2 Å². The molecule has 0 unspecified atom stereocenters. The van der Waals surface area contributed by atoms with Crippen LogP contribution in [0.5, 0.6) is 0 Å². The van der Waals surface area contributed by atoms with E-state index in [9.17, 15) is 5.11 Å². The van der Waals surface area contributed by atoms with Crippen molar-refractivity contribution in [2.75, 3.05) is 31.6 Å². The van der Waals surface area contributed by atoms with Crippen molar-refractivity contribution >= 4 is 17.3 Å². The standard InChI is InChI=1S/C14H21ClN2O/c1-16-9-12-13(15)3-2-4-14(12)17-7-5-11(10-18)6-8-17/h2-4,11,16,18H,5-10H2,1H3. The molecule has 1 saturated heterocycles. The van der Waals surface area contributed by atoms with Crippen LogP contribution >= 0.6 is 11.6 Å². The van der Waals surface area contributed by atoms with Crippen molar-refractivity contribution in [1.29, 1.82) is 0 Å². The van der Waals surface area contributed by atoms with Crippen molar-refractivity contribution in [3.8, 4) is 0 Å². The average Bonchev–Trinajstić information content (AvgIpc) is 2.41. The van der Waals surface area contributed by atoms with Crippen molar-refractivity contribution < 1.29 is 5.11 Å². The van der Waals surface area contributed by atoms with Crippen LogP contribution in [0.1, 0.15) is 18.4 Å².